The molecule has 0 radical (unpaired) electrons. The Balaban J connectivity index is 1.63. The number of ketones is 1. The number of benzene rings is 1. The average molecular weight is 356 g/mol. The molecule has 130 valence electrons. The molecule has 2 aromatic rings. The van der Waals surface area contributed by atoms with Gasteiger partial charge in [0, 0.05) is 17.5 Å². The van der Waals surface area contributed by atoms with Crippen molar-refractivity contribution in [3.05, 3.63) is 58.6 Å². The van der Waals surface area contributed by atoms with Crippen LogP contribution in [0.2, 0.25) is 0 Å². The summed E-state index contributed by atoms with van der Waals surface area (Å²) in [6.07, 6.45) is 4.06. The Bertz CT molecular complexity index is 813. The number of carbonyl (C=O) groups is 2. The molecule has 1 N–H and O–H groups in total. The van der Waals surface area contributed by atoms with E-state index in [-0.39, 0.29) is 11.5 Å². The lowest BCUT2D eigenvalue weighted by atomic mass is 10.0. The fourth-order valence-corrected chi connectivity index (χ4v) is 3.53. The maximum atomic E-state index is 12.5. The van der Waals surface area contributed by atoms with Gasteiger partial charge in [0.25, 0.3) is 0 Å². The molecular weight excluding hydrogens is 336 g/mol. The first kappa shape index (κ1) is 17.4. The quantitative estimate of drug-likeness (QED) is 0.466. The molecular formula is C19H20N2O3S. The summed E-state index contributed by atoms with van der Waals surface area (Å²) in [6, 6.07) is 5.74. The van der Waals surface area contributed by atoms with Gasteiger partial charge >= 0.3 is 5.97 Å². The molecule has 0 saturated carbocycles. The van der Waals surface area contributed by atoms with Crippen molar-refractivity contribution in [1.29, 1.82) is 0 Å². The van der Waals surface area contributed by atoms with E-state index in [0.717, 1.165) is 19.3 Å². The number of esters is 1. The van der Waals surface area contributed by atoms with Gasteiger partial charge < -0.3 is 10.1 Å². The van der Waals surface area contributed by atoms with Gasteiger partial charge in [-0.25, -0.2) is 9.78 Å². The Morgan fingerprint density at radius 2 is 2.20 bits per heavy atom. The minimum Gasteiger partial charge on any atom is -0.450 e. The van der Waals surface area contributed by atoms with E-state index in [9.17, 15) is 9.59 Å². The molecule has 1 aromatic carbocycles. The Labute approximate surface area is 150 Å². The molecule has 1 aliphatic carbocycles. The molecule has 1 heterocycles. The molecule has 3 rings (SSSR count). The molecule has 1 atom stereocenters. The molecule has 1 aromatic heterocycles. The van der Waals surface area contributed by atoms with Crippen LogP contribution in [-0.4, -0.2) is 29.4 Å². The van der Waals surface area contributed by atoms with Crippen LogP contribution in [-0.2, 0) is 17.6 Å². The van der Waals surface area contributed by atoms with Crippen LogP contribution in [0.3, 0.4) is 0 Å². The Hall–Kier alpha value is -2.47. The SMILES string of the molecule is C=CCNc1nc(C(=O)O[C@@H](C)C(=O)c2ccc3c(c2)CCC3)cs1. The largest absolute Gasteiger partial charge is 0.450 e. The van der Waals surface area contributed by atoms with Crippen LogP contribution in [0.5, 0.6) is 0 Å². The zero-order chi connectivity index (χ0) is 17.8. The maximum Gasteiger partial charge on any atom is 0.358 e. The van der Waals surface area contributed by atoms with Crippen LogP contribution in [0.25, 0.3) is 0 Å². The summed E-state index contributed by atoms with van der Waals surface area (Å²) < 4.78 is 5.30. The van der Waals surface area contributed by atoms with E-state index in [2.05, 4.69) is 16.9 Å². The standard InChI is InChI=1S/C19H20N2O3S/c1-3-9-20-19-21-16(11-25-19)18(23)24-12(2)17(22)15-8-7-13-5-4-6-14(13)10-15/h3,7-8,10-12H,1,4-6,9H2,2H3,(H,20,21)/t12-/m0/s1. The van der Waals surface area contributed by atoms with E-state index in [1.54, 1.807) is 18.4 Å². The van der Waals surface area contributed by atoms with Gasteiger partial charge in [-0.1, -0.05) is 18.2 Å². The number of aryl methyl sites for hydroxylation is 2. The summed E-state index contributed by atoms with van der Waals surface area (Å²) in [7, 11) is 0. The van der Waals surface area contributed by atoms with Crippen molar-refractivity contribution < 1.29 is 14.3 Å². The number of thiazole rings is 1. The van der Waals surface area contributed by atoms with Crippen molar-refractivity contribution in [3.63, 3.8) is 0 Å². The number of Topliss-reactive ketones (excluding diaryl/α,β-unsaturated/α-hetero) is 1. The van der Waals surface area contributed by atoms with Crippen molar-refractivity contribution in [2.24, 2.45) is 0 Å². The summed E-state index contributed by atoms with van der Waals surface area (Å²) >= 11 is 1.31. The maximum absolute atomic E-state index is 12.5. The minimum absolute atomic E-state index is 0.191. The van der Waals surface area contributed by atoms with E-state index in [1.807, 2.05) is 18.2 Å². The van der Waals surface area contributed by atoms with Crippen molar-refractivity contribution in [3.8, 4) is 0 Å². The molecule has 5 nitrogen and oxygen atoms in total. The predicted octanol–water partition coefficient (Wildman–Crippen LogP) is 3.66. The van der Waals surface area contributed by atoms with Gasteiger partial charge in [0.2, 0.25) is 5.78 Å². The molecule has 6 heteroatoms. The average Bonchev–Trinajstić information content (AvgIpc) is 3.27. The van der Waals surface area contributed by atoms with Gasteiger partial charge in [-0.2, -0.15) is 0 Å². The number of fused-ring (bicyclic) bond motifs is 1. The molecule has 0 fully saturated rings. The number of aromatic nitrogens is 1. The third-order valence-electron chi connectivity index (χ3n) is 4.15. The van der Waals surface area contributed by atoms with Crippen molar-refractivity contribution in [1.82, 2.24) is 4.98 Å². The van der Waals surface area contributed by atoms with Crippen LogP contribution in [0, 0.1) is 0 Å². The minimum atomic E-state index is -0.849. The molecule has 0 aliphatic heterocycles. The van der Waals surface area contributed by atoms with E-state index < -0.39 is 12.1 Å². The normalized spacial score (nSPS) is 13.8. The number of hydrogen-bond acceptors (Lipinski definition) is 6. The first-order valence-electron chi connectivity index (χ1n) is 8.26. The molecule has 0 spiro atoms. The summed E-state index contributed by atoms with van der Waals surface area (Å²) in [4.78, 5) is 28.9. The number of rotatable bonds is 7. The van der Waals surface area contributed by atoms with Gasteiger partial charge in [-0.15, -0.1) is 17.9 Å². The number of ether oxygens (including phenoxy) is 1. The highest BCUT2D eigenvalue weighted by Gasteiger charge is 2.23. The molecule has 0 amide bonds. The van der Waals surface area contributed by atoms with Crippen molar-refractivity contribution in [2.45, 2.75) is 32.3 Å². The Kier molecular flexibility index (Phi) is 5.28. The van der Waals surface area contributed by atoms with E-state index >= 15 is 0 Å². The molecule has 0 bridgehead atoms. The smallest absolute Gasteiger partial charge is 0.358 e. The van der Waals surface area contributed by atoms with E-state index in [1.165, 1.54) is 22.5 Å². The summed E-state index contributed by atoms with van der Waals surface area (Å²) in [5, 5.41) is 5.24. The van der Waals surface area contributed by atoms with Gasteiger partial charge in [0.05, 0.1) is 0 Å². The second-order valence-electron chi connectivity index (χ2n) is 5.96. The molecule has 25 heavy (non-hydrogen) atoms. The zero-order valence-electron chi connectivity index (χ0n) is 14.1. The van der Waals surface area contributed by atoms with Gasteiger partial charge in [-0.05, 0) is 43.4 Å². The number of carbonyl (C=O) groups excluding carboxylic acids is 2. The topological polar surface area (TPSA) is 68.3 Å². The zero-order valence-corrected chi connectivity index (χ0v) is 14.9. The second kappa shape index (κ2) is 7.61. The van der Waals surface area contributed by atoms with Crippen LogP contribution in [0.4, 0.5) is 5.13 Å². The van der Waals surface area contributed by atoms with Crippen LogP contribution < -0.4 is 5.32 Å². The van der Waals surface area contributed by atoms with Crippen molar-refractivity contribution in [2.75, 3.05) is 11.9 Å². The first-order chi connectivity index (χ1) is 12.1. The highest BCUT2D eigenvalue weighted by atomic mass is 32.1. The monoisotopic (exact) mass is 356 g/mol. The highest BCUT2D eigenvalue weighted by Crippen LogP contribution is 2.24. The fraction of sp³-hybridized carbons (Fsp3) is 0.316. The van der Waals surface area contributed by atoms with Crippen LogP contribution in [0.1, 0.15) is 45.3 Å². The number of nitrogens with zero attached hydrogens (tertiary/aromatic N) is 1. The molecule has 0 saturated heterocycles. The third-order valence-corrected chi connectivity index (χ3v) is 4.95. The Morgan fingerprint density at radius 1 is 1.40 bits per heavy atom. The first-order valence-corrected chi connectivity index (χ1v) is 9.13. The van der Waals surface area contributed by atoms with Gasteiger partial charge in [0.15, 0.2) is 16.9 Å². The summed E-state index contributed by atoms with van der Waals surface area (Å²) in [6.45, 7) is 5.77. The fourth-order valence-electron chi connectivity index (χ4n) is 2.84. The Morgan fingerprint density at radius 3 is 3.00 bits per heavy atom. The number of hydrogen-bond donors (Lipinski definition) is 1. The third kappa shape index (κ3) is 3.96. The van der Waals surface area contributed by atoms with E-state index in [4.69, 9.17) is 4.74 Å². The lowest BCUT2D eigenvalue weighted by Crippen LogP contribution is -2.24. The summed E-state index contributed by atoms with van der Waals surface area (Å²) in [5.74, 6) is -0.784. The number of nitrogens with one attached hydrogen (secondary N) is 1. The number of anilines is 1. The highest BCUT2D eigenvalue weighted by molar-refractivity contribution is 7.13. The van der Waals surface area contributed by atoms with Crippen molar-refractivity contribution >= 4 is 28.2 Å². The van der Waals surface area contributed by atoms with Gasteiger partial charge in [0.1, 0.15) is 0 Å². The van der Waals surface area contributed by atoms with Crippen LogP contribution in [0.15, 0.2) is 36.2 Å². The second-order valence-corrected chi connectivity index (χ2v) is 6.81. The predicted molar refractivity (Wildman–Crippen MR) is 98.5 cm³/mol. The van der Waals surface area contributed by atoms with Crippen LogP contribution >= 0.6 is 11.3 Å². The lowest BCUT2D eigenvalue weighted by molar-refractivity contribution is 0.0314. The molecule has 0 unspecified atom stereocenters. The van der Waals surface area contributed by atoms with E-state index in [0.29, 0.717) is 17.2 Å². The summed E-state index contributed by atoms with van der Waals surface area (Å²) in [5.41, 5.74) is 3.32. The molecule has 1 aliphatic rings. The van der Waals surface area contributed by atoms with Gasteiger partial charge in [-0.3, -0.25) is 4.79 Å². The lowest BCUT2D eigenvalue weighted by Gasteiger charge is -2.12.